The van der Waals surface area contributed by atoms with Crippen molar-refractivity contribution in [3.63, 3.8) is 0 Å². The maximum Gasteiger partial charge on any atom is 0.451 e. The Morgan fingerprint density at radius 1 is 0.950 bits per heavy atom. The van der Waals surface area contributed by atoms with Crippen LogP contribution in [0.2, 0.25) is 0 Å². The predicted molar refractivity (Wildman–Crippen MR) is 73.4 cm³/mol. The molecule has 1 heterocycles. The molecule has 1 aromatic rings. The minimum absolute atomic E-state index is 0.131. The summed E-state index contributed by atoms with van der Waals surface area (Å²) in [7, 11) is 0. The molecule has 1 unspecified atom stereocenters. The topological polar surface area (TPSA) is 25.8 Å². The van der Waals surface area contributed by atoms with Crippen molar-refractivity contribution >= 4 is 0 Å². The average molecular weight is 288 g/mol. The molecule has 0 fully saturated rings. The Labute approximate surface area is 118 Å². The second-order valence-corrected chi connectivity index (χ2v) is 5.56. The van der Waals surface area contributed by atoms with Gasteiger partial charge in [0.2, 0.25) is 5.82 Å². The van der Waals surface area contributed by atoms with E-state index in [9.17, 15) is 13.2 Å². The summed E-state index contributed by atoms with van der Waals surface area (Å²) in [6.07, 6.45) is 4.45. The lowest BCUT2D eigenvalue weighted by molar-refractivity contribution is -0.145. The van der Waals surface area contributed by atoms with Gasteiger partial charge in [0.1, 0.15) is 0 Å². The Kier molecular flexibility index (Phi) is 5.96. The molecule has 1 aromatic heterocycles. The van der Waals surface area contributed by atoms with Gasteiger partial charge in [0.15, 0.2) is 0 Å². The maximum absolute atomic E-state index is 12.5. The average Bonchev–Trinajstić information content (AvgIpc) is 2.38. The molecule has 0 saturated heterocycles. The fourth-order valence-electron chi connectivity index (χ4n) is 2.52. The van der Waals surface area contributed by atoms with Crippen LogP contribution in [0.25, 0.3) is 0 Å². The highest BCUT2D eigenvalue weighted by Crippen LogP contribution is 2.35. The summed E-state index contributed by atoms with van der Waals surface area (Å²) < 4.78 is 37.5. The SMILES string of the molecule is CCCCCC(C)(CCC)c1cnc(C(F)(F)F)nc1. The van der Waals surface area contributed by atoms with Crippen LogP contribution in [-0.2, 0) is 11.6 Å². The molecule has 0 bridgehead atoms. The fourth-order valence-corrected chi connectivity index (χ4v) is 2.52. The standard InChI is InChI=1S/C15H23F3N2/c1-4-6-7-9-14(3,8-5-2)12-10-19-13(20-11-12)15(16,17)18/h10-11H,4-9H2,1-3H3. The zero-order valence-corrected chi connectivity index (χ0v) is 12.4. The van der Waals surface area contributed by atoms with Crippen LogP contribution < -0.4 is 0 Å². The second-order valence-electron chi connectivity index (χ2n) is 5.56. The van der Waals surface area contributed by atoms with Crippen LogP contribution >= 0.6 is 0 Å². The highest BCUT2D eigenvalue weighted by atomic mass is 19.4. The van der Waals surface area contributed by atoms with Crippen LogP contribution in [0.5, 0.6) is 0 Å². The summed E-state index contributed by atoms with van der Waals surface area (Å²) in [6.45, 7) is 6.32. The zero-order chi connectivity index (χ0) is 15.2. The summed E-state index contributed by atoms with van der Waals surface area (Å²) in [5.41, 5.74) is 0.678. The quantitative estimate of drug-likeness (QED) is 0.650. The van der Waals surface area contributed by atoms with Gasteiger partial charge in [-0.1, -0.05) is 46.5 Å². The van der Waals surface area contributed by atoms with Gasteiger partial charge >= 0.3 is 6.18 Å². The van der Waals surface area contributed by atoms with Gasteiger partial charge in [0.05, 0.1) is 0 Å². The summed E-state index contributed by atoms with van der Waals surface area (Å²) >= 11 is 0. The van der Waals surface area contributed by atoms with E-state index >= 15 is 0 Å². The molecule has 0 aliphatic carbocycles. The summed E-state index contributed by atoms with van der Waals surface area (Å²) in [5.74, 6) is -1.06. The Hall–Kier alpha value is -1.13. The Morgan fingerprint density at radius 2 is 1.55 bits per heavy atom. The van der Waals surface area contributed by atoms with Gasteiger partial charge in [-0.25, -0.2) is 9.97 Å². The van der Waals surface area contributed by atoms with Crippen molar-refractivity contribution in [2.75, 3.05) is 0 Å². The van der Waals surface area contributed by atoms with Crippen molar-refractivity contribution in [3.8, 4) is 0 Å². The third kappa shape index (κ3) is 4.46. The smallest absolute Gasteiger partial charge is 0.233 e. The first-order valence-corrected chi connectivity index (χ1v) is 7.23. The van der Waals surface area contributed by atoms with Gasteiger partial charge < -0.3 is 0 Å². The van der Waals surface area contributed by atoms with Crippen LogP contribution in [0, 0.1) is 0 Å². The summed E-state index contributed by atoms with van der Waals surface area (Å²) in [4.78, 5) is 6.98. The first-order chi connectivity index (χ1) is 9.33. The normalized spacial score (nSPS) is 15.1. The van der Waals surface area contributed by atoms with Crippen molar-refractivity contribution in [2.24, 2.45) is 0 Å². The highest BCUT2D eigenvalue weighted by Gasteiger charge is 2.35. The second kappa shape index (κ2) is 7.04. The van der Waals surface area contributed by atoms with E-state index in [-0.39, 0.29) is 5.41 Å². The highest BCUT2D eigenvalue weighted by molar-refractivity contribution is 5.18. The van der Waals surface area contributed by atoms with Crippen molar-refractivity contribution in [3.05, 3.63) is 23.8 Å². The maximum atomic E-state index is 12.5. The number of rotatable bonds is 7. The van der Waals surface area contributed by atoms with Crippen molar-refractivity contribution < 1.29 is 13.2 Å². The van der Waals surface area contributed by atoms with Crippen LogP contribution in [-0.4, -0.2) is 9.97 Å². The largest absolute Gasteiger partial charge is 0.451 e. The lowest BCUT2D eigenvalue weighted by Crippen LogP contribution is -2.23. The van der Waals surface area contributed by atoms with Crippen molar-refractivity contribution in [1.29, 1.82) is 0 Å². The van der Waals surface area contributed by atoms with E-state index in [0.29, 0.717) is 0 Å². The van der Waals surface area contributed by atoms with Gasteiger partial charge in [-0.2, -0.15) is 13.2 Å². The van der Waals surface area contributed by atoms with Crippen LogP contribution in [0.15, 0.2) is 12.4 Å². The predicted octanol–water partition coefficient (Wildman–Crippen LogP) is 5.13. The van der Waals surface area contributed by atoms with Crippen LogP contribution in [0.3, 0.4) is 0 Å². The molecule has 0 N–H and O–H groups in total. The van der Waals surface area contributed by atoms with Crippen LogP contribution in [0.1, 0.15) is 70.7 Å². The Bertz CT molecular complexity index is 401. The van der Waals surface area contributed by atoms with Crippen molar-refractivity contribution in [2.45, 2.75) is 70.9 Å². The molecule has 0 spiro atoms. The molecule has 0 aliphatic rings. The molecular weight excluding hydrogens is 265 g/mol. The first kappa shape index (κ1) is 16.9. The Balaban J connectivity index is 2.91. The molecule has 0 radical (unpaired) electrons. The summed E-state index contributed by atoms with van der Waals surface area (Å²) in [6, 6.07) is 0. The molecular formula is C15H23F3N2. The van der Waals surface area contributed by atoms with Crippen LogP contribution in [0.4, 0.5) is 13.2 Å². The van der Waals surface area contributed by atoms with Gasteiger partial charge in [-0.05, 0) is 23.8 Å². The molecule has 1 atom stereocenters. The number of halogens is 3. The molecule has 5 heteroatoms. The monoisotopic (exact) mass is 288 g/mol. The molecule has 0 saturated carbocycles. The number of alkyl halides is 3. The number of unbranched alkanes of at least 4 members (excludes halogenated alkanes) is 2. The molecule has 2 nitrogen and oxygen atoms in total. The van der Waals surface area contributed by atoms with Gasteiger partial charge in [-0.3, -0.25) is 0 Å². The summed E-state index contributed by atoms with van der Waals surface area (Å²) in [5, 5.41) is 0. The van der Waals surface area contributed by atoms with Gasteiger partial charge in [-0.15, -0.1) is 0 Å². The molecule has 1 rings (SSSR count). The molecule has 114 valence electrons. The third-order valence-corrected chi connectivity index (χ3v) is 3.74. The van der Waals surface area contributed by atoms with E-state index in [0.717, 1.165) is 44.1 Å². The minimum Gasteiger partial charge on any atom is -0.233 e. The van der Waals surface area contributed by atoms with E-state index in [1.165, 1.54) is 12.4 Å². The van der Waals surface area contributed by atoms with Gasteiger partial charge in [0, 0.05) is 12.4 Å². The minimum atomic E-state index is -4.47. The fraction of sp³-hybridized carbons (Fsp3) is 0.733. The van der Waals surface area contributed by atoms with Crippen molar-refractivity contribution in [1.82, 2.24) is 9.97 Å². The Morgan fingerprint density at radius 3 is 2.00 bits per heavy atom. The number of aromatic nitrogens is 2. The van der Waals surface area contributed by atoms with E-state index in [1.807, 2.05) is 0 Å². The molecule has 0 aliphatic heterocycles. The zero-order valence-electron chi connectivity index (χ0n) is 12.4. The molecule has 0 amide bonds. The number of nitrogens with zero attached hydrogens (tertiary/aromatic N) is 2. The van der Waals surface area contributed by atoms with Gasteiger partial charge in [0.25, 0.3) is 0 Å². The van der Waals surface area contributed by atoms with E-state index in [1.54, 1.807) is 0 Å². The third-order valence-electron chi connectivity index (χ3n) is 3.74. The number of hydrogen-bond acceptors (Lipinski definition) is 2. The molecule has 20 heavy (non-hydrogen) atoms. The van der Waals surface area contributed by atoms with E-state index in [4.69, 9.17) is 0 Å². The van der Waals surface area contributed by atoms with E-state index in [2.05, 4.69) is 30.7 Å². The van der Waals surface area contributed by atoms with E-state index < -0.39 is 12.0 Å². The first-order valence-electron chi connectivity index (χ1n) is 7.23. The lowest BCUT2D eigenvalue weighted by Gasteiger charge is -2.29. The molecule has 0 aromatic carbocycles. The number of hydrogen-bond donors (Lipinski definition) is 0. The lowest BCUT2D eigenvalue weighted by atomic mass is 9.76.